The van der Waals surface area contributed by atoms with E-state index in [1.165, 1.54) is 0 Å². The number of pyridine rings is 1. The first-order chi connectivity index (χ1) is 9.58. The molecule has 0 aliphatic rings. The van der Waals surface area contributed by atoms with Crippen LogP contribution in [0.2, 0.25) is 0 Å². The summed E-state index contributed by atoms with van der Waals surface area (Å²) in [5, 5.41) is 4.59. The lowest BCUT2D eigenvalue weighted by Gasteiger charge is -2.14. The van der Waals surface area contributed by atoms with Crippen LogP contribution in [0.15, 0.2) is 18.3 Å². The SMILES string of the molecule is CCc1nn(-c2ncccc2OC(C)C)c(CC)c1N. The molecule has 0 radical (unpaired) electrons. The van der Waals surface area contributed by atoms with Crippen molar-refractivity contribution < 1.29 is 4.74 Å². The maximum Gasteiger partial charge on any atom is 0.196 e. The van der Waals surface area contributed by atoms with Gasteiger partial charge in [0.25, 0.3) is 0 Å². The van der Waals surface area contributed by atoms with Crippen LogP contribution in [0.1, 0.15) is 39.1 Å². The minimum absolute atomic E-state index is 0.0848. The Hall–Kier alpha value is -2.04. The highest BCUT2D eigenvalue weighted by Crippen LogP contribution is 2.27. The van der Waals surface area contributed by atoms with Gasteiger partial charge in [0.2, 0.25) is 0 Å². The Kier molecular flexibility index (Phi) is 4.27. The smallest absolute Gasteiger partial charge is 0.196 e. The van der Waals surface area contributed by atoms with Crippen LogP contribution >= 0.6 is 0 Å². The van der Waals surface area contributed by atoms with Crippen molar-refractivity contribution in [3.8, 4) is 11.6 Å². The second-order valence-corrected chi connectivity index (χ2v) is 4.92. The summed E-state index contributed by atoms with van der Waals surface area (Å²) < 4.78 is 7.63. The summed E-state index contributed by atoms with van der Waals surface area (Å²) in [5.74, 6) is 1.42. The van der Waals surface area contributed by atoms with Gasteiger partial charge in [-0.2, -0.15) is 5.10 Å². The van der Waals surface area contributed by atoms with E-state index in [0.29, 0.717) is 5.82 Å². The number of aryl methyl sites for hydroxylation is 1. The number of rotatable bonds is 5. The van der Waals surface area contributed by atoms with Gasteiger partial charge >= 0.3 is 0 Å². The van der Waals surface area contributed by atoms with Gasteiger partial charge in [-0.3, -0.25) is 0 Å². The fraction of sp³-hybridized carbons (Fsp3) is 0.467. The van der Waals surface area contributed by atoms with Gasteiger partial charge in [-0.05, 0) is 38.8 Å². The maximum absolute atomic E-state index is 6.16. The number of ether oxygens (including phenoxy) is 1. The highest BCUT2D eigenvalue weighted by atomic mass is 16.5. The third-order valence-corrected chi connectivity index (χ3v) is 3.08. The van der Waals surface area contributed by atoms with Gasteiger partial charge in [-0.15, -0.1) is 0 Å². The van der Waals surface area contributed by atoms with E-state index >= 15 is 0 Å². The Morgan fingerprint density at radius 3 is 2.65 bits per heavy atom. The molecule has 0 fully saturated rings. The molecule has 0 saturated heterocycles. The molecule has 0 bridgehead atoms. The Labute approximate surface area is 119 Å². The molecule has 5 heteroatoms. The van der Waals surface area contributed by atoms with Crippen LogP contribution < -0.4 is 10.5 Å². The molecule has 2 aromatic rings. The highest BCUT2D eigenvalue weighted by molar-refractivity contribution is 5.53. The summed E-state index contributed by atoms with van der Waals surface area (Å²) in [6.45, 7) is 8.10. The van der Waals surface area contributed by atoms with Crippen molar-refractivity contribution in [2.75, 3.05) is 5.73 Å². The van der Waals surface area contributed by atoms with Crippen molar-refractivity contribution in [3.63, 3.8) is 0 Å². The molecule has 0 aromatic carbocycles. The molecule has 0 aliphatic heterocycles. The molecular formula is C15H22N4O. The van der Waals surface area contributed by atoms with Gasteiger partial charge in [0.15, 0.2) is 11.6 Å². The molecule has 0 amide bonds. The minimum atomic E-state index is 0.0848. The van der Waals surface area contributed by atoms with E-state index in [4.69, 9.17) is 10.5 Å². The van der Waals surface area contributed by atoms with E-state index in [-0.39, 0.29) is 6.10 Å². The zero-order valence-corrected chi connectivity index (χ0v) is 12.6. The van der Waals surface area contributed by atoms with Crippen LogP contribution in [0.4, 0.5) is 5.69 Å². The van der Waals surface area contributed by atoms with Crippen LogP contribution in [0.5, 0.6) is 5.75 Å². The normalized spacial score (nSPS) is 11.1. The van der Waals surface area contributed by atoms with Gasteiger partial charge in [-0.1, -0.05) is 13.8 Å². The number of anilines is 1. The summed E-state index contributed by atoms with van der Waals surface area (Å²) in [6.07, 6.45) is 3.43. The van der Waals surface area contributed by atoms with E-state index in [1.54, 1.807) is 6.20 Å². The predicted molar refractivity (Wildman–Crippen MR) is 80.3 cm³/mol. The zero-order chi connectivity index (χ0) is 14.7. The van der Waals surface area contributed by atoms with Crippen LogP contribution in [0, 0.1) is 0 Å². The topological polar surface area (TPSA) is 66.0 Å². The average molecular weight is 274 g/mol. The maximum atomic E-state index is 6.16. The molecule has 108 valence electrons. The Morgan fingerprint density at radius 1 is 1.30 bits per heavy atom. The lowest BCUT2D eigenvalue weighted by Crippen LogP contribution is -2.11. The first-order valence-electron chi connectivity index (χ1n) is 7.06. The van der Waals surface area contributed by atoms with E-state index in [2.05, 4.69) is 17.0 Å². The van der Waals surface area contributed by atoms with E-state index in [1.807, 2.05) is 37.6 Å². The largest absolute Gasteiger partial charge is 0.487 e. The standard InChI is InChI=1S/C15H22N4O/c1-5-11-14(16)12(6-2)19(18-11)15-13(20-10(3)4)8-7-9-17-15/h7-10H,5-6,16H2,1-4H3. The molecule has 0 unspecified atom stereocenters. The van der Waals surface area contributed by atoms with Gasteiger partial charge in [0, 0.05) is 6.20 Å². The minimum Gasteiger partial charge on any atom is -0.487 e. The van der Waals surface area contributed by atoms with E-state index in [0.717, 1.165) is 35.7 Å². The lowest BCUT2D eigenvalue weighted by molar-refractivity contribution is 0.240. The molecule has 2 aromatic heterocycles. The molecule has 5 nitrogen and oxygen atoms in total. The van der Waals surface area contributed by atoms with E-state index in [9.17, 15) is 0 Å². The molecular weight excluding hydrogens is 252 g/mol. The van der Waals surface area contributed by atoms with Gasteiger partial charge in [0.1, 0.15) is 0 Å². The third kappa shape index (κ3) is 2.61. The molecule has 0 aliphatic carbocycles. The quantitative estimate of drug-likeness (QED) is 0.910. The van der Waals surface area contributed by atoms with Crippen molar-refractivity contribution in [3.05, 3.63) is 29.7 Å². The van der Waals surface area contributed by atoms with Crippen molar-refractivity contribution in [1.82, 2.24) is 14.8 Å². The van der Waals surface area contributed by atoms with Crippen LogP contribution in [-0.2, 0) is 12.8 Å². The predicted octanol–water partition coefficient (Wildman–Crippen LogP) is 2.76. The summed E-state index contributed by atoms with van der Waals surface area (Å²) in [7, 11) is 0. The molecule has 2 rings (SSSR count). The Balaban J connectivity index is 2.56. The van der Waals surface area contributed by atoms with Crippen molar-refractivity contribution in [2.45, 2.75) is 46.6 Å². The van der Waals surface area contributed by atoms with Gasteiger partial charge in [0.05, 0.1) is 23.2 Å². The van der Waals surface area contributed by atoms with Crippen molar-refractivity contribution in [2.24, 2.45) is 0 Å². The third-order valence-electron chi connectivity index (χ3n) is 3.08. The molecule has 2 heterocycles. The fourth-order valence-electron chi connectivity index (χ4n) is 2.18. The summed E-state index contributed by atoms with van der Waals surface area (Å²) >= 11 is 0. The number of nitrogens with two attached hydrogens (primary N) is 1. The van der Waals surface area contributed by atoms with Crippen LogP contribution in [0.25, 0.3) is 5.82 Å². The first-order valence-corrected chi connectivity index (χ1v) is 7.06. The van der Waals surface area contributed by atoms with Gasteiger partial charge < -0.3 is 10.5 Å². The molecule has 0 spiro atoms. The summed E-state index contributed by atoms with van der Waals surface area (Å²) in [6, 6.07) is 3.77. The molecule has 0 saturated carbocycles. The van der Waals surface area contributed by atoms with Crippen molar-refractivity contribution in [1.29, 1.82) is 0 Å². The molecule has 2 N–H and O–H groups in total. The van der Waals surface area contributed by atoms with Crippen molar-refractivity contribution >= 4 is 5.69 Å². The highest BCUT2D eigenvalue weighted by Gasteiger charge is 2.18. The monoisotopic (exact) mass is 274 g/mol. The van der Waals surface area contributed by atoms with E-state index < -0.39 is 0 Å². The Morgan fingerprint density at radius 2 is 2.05 bits per heavy atom. The van der Waals surface area contributed by atoms with Gasteiger partial charge in [-0.25, -0.2) is 9.67 Å². The molecule has 20 heavy (non-hydrogen) atoms. The van der Waals surface area contributed by atoms with Crippen LogP contribution in [-0.4, -0.2) is 20.9 Å². The summed E-state index contributed by atoms with van der Waals surface area (Å²) in [5.41, 5.74) is 8.81. The zero-order valence-electron chi connectivity index (χ0n) is 12.6. The average Bonchev–Trinajstić information content (AvgIpc) is 2.74. The molecule has 0 atom stereocenters. The fourth-order valence-corrected chi connectivity index (χ4v) is 2.18. The number of nitrogens with zero attached hydrogens (tertiary/aromatic N) is 3. The van der Waals surface area contributed by atoms with Crippen LogP contribution in [0.3, 0.4) is 0 Å². The summed E-state index contributed by atoms with van der Waals surface area (Å²) in [4.78, 5) is 4.42. The second-order valence-electron chi connectivity index (χ2n) is 4.92. The first kappa shape index (κ1) is 14.4. The second kappa shape index (κ2) is 5.94. The number of nitrogen functional groups attached to an aromatic ring is 1. The lowest BCUT2D eigenvalue weighted by atomic mass is 10.2. The Bertz CT molecular complexity index is 590. The number of hydrogen-bond acceptors (Lipinski definition) is 4. The number of hydrogen-bond donors (Lipinski definition) is 1. The number of aromatic nitrogens is 3.